The lowest BCUT2D eigenvalue weighted by Crippen LogP contribution is -2.24. The normalized spacial score (nSPS) is 15.9. The average Bonchev–Trinajstić information content (AvgIpc) is 2.69. The third-order valence-corrected chi connectivity index (χ3v) is 2.95. The van der Waals surface area contributed by atoms with Gasteiger partial charge in [-0.1, -0.05) is 6.92 Å². The highest BCUT2D eigenvalue weighted by Gasteiger charge is 2.31. The highest BCUT2D eigenvalue weighted by Crippen LogP contribution is 2.29. The smallest absolute Gasteiger partial charge is 0.327 e. The van der Waals surface area contributed by atoms with Gasteiger partial charge in [0.05, 0.1) is 5.56 Å². The molecule has 98 valence electrons. The zero-order chi connectivity index (χ0) is 13.5. The van der Waals surface area contributed by atoms with Gasteiger partial charge in [-0.15, -0.1) is 10.2 Å². The Hall–Kier alpha value is -1.63. The van der Waals surface area contributed by atoms with Crippen LogP contribution in [0.1, 0.15) is 31.2 Å². The molecule has 2 N–H and O–H groups in total. The molecule has 0 spiro atoms. The number of nitrogens with zero attached hydrogens (tertiary/aromatic N) is 3. The van der Waals surface area contributed by atoms with E-state index in [1.54, 1.807) is 13.8 Å². The molecule has 2 unspecified atom stereocenters. The fourth-order valence-corrected chi connectivity index (χ4v) is 1.62. The van der Waals surface area contributed by atoms with E-state index in [2.05, 4.69) is 10.2 Å². The molecule has 0 fully saturated rings. The highest BCUT2D eigenvalue weighted by molar-refractivity contribution is 5.40. The second-order valence-electron chi connectivity index (χ2n) is 4.35. The third kappa shape index (κ3) is 2.17. The van der Waals surface area contributed by atoms with Crippen LogP contribution in [0.5, 0.6) is 0 Å². The molecule has 0 amide bonds. The number of fused-ring (bicyclic) bond motifs is 1. The number of nitrogens with two attached hydrogens (primary N) is 1. The van der Waals surface area contributed by atoms with Crippen LogP contribution in [-0.4, -0.2) is 20.6 Å². The molecule has 0 aliphatic heterocycles. The summed E-state index contributed by atoms with van der Waals surface area (Å²) in [5, 5.41) is 7.74. The molecule has 2 rings (SSSR count). The van der Waals surface area contributed by atoms with Gasteiger partial charge >= 0.3 is 6.18 Å². The maximum Gasteiger partial charge on any atom is 0.417 e. The number of hydrogen-bond donors (Lipinski definition) is 1. The molecule has 0 bridgehead atoms. The first-order valence-corrected chi connectivity index (χ1v) is 5.48. The molecule has 2 atom stereocenters. The number of hydrogen-bond acceptors (Lipinski definition) is 3. The lowest BCUT2D eigenvalue weighted by atomic mass is 10.0. The van der Waals surface area contributed by atoms with Crippen molar-refractivity contribution in [3.63, 3.8) is 0 Å². The molecule has 0 saturated carbocycles. The van der Waals surface area contributed by atoms with E-state index in [9.17, 15) is 13.2 Å². The third-order valence-electron chi connectivity index (χ3n) is 2.95. The van der Waals surface area contributed by atoms with Crippen molar-refractivity contribution in [2.45, 2.75) is 32.0 Å². The second-order valence-corrected chi connectivity index (χ2v) is 4.35. The number of rotatable bonds is 2. The molecule has 0 aromatic carbocycles. The maximum atomic E-state index is 12.6. The van der Waals surface area contributed by atoms with Gasteiger partial charge in [-0.2, -0.15) is 13.2 Å². The first kappa shape index (κ1) is 12.8. The molecule has 7 heteroatoms. The molecule has 4 nitrogen and oxygen atoms in total. The number of aromatic nitrogens is 3. The summed E-state index contributed by atoms with van der Waals surface area (Å²) in [6, 6.07) is 2.07. The van der Waals surface area contributed by atoms with E-state index in [1.165, 1.54) is 10.5 Å². The molecular weight excluding hydrogens is 245 g/mol. The molecule has 0 aliphatic carbocycles. The fraction of sp³-hybridized carbons (Fsp3) is 0.455. The van der Waals surface area contributed by atoms with Gasteiger partial charge < -0.3 is 5.73 Å². The van der Waals surface area contributed by atoms with Crippen LogP contribution in [0.3, 0.4) is 0 Å². The highest BCUT2D eigenvalue weighted by atomic mass is 19.4. The van der Waals surface area contributed by atoms with Crippen molar-refractivity contribution in [1.29, 1.82) is 0 Å². The van der Waals surface area contributed by atoms with Crippen molar-refractivity contribution in [2.24, 2.45) is 5.73 Å². The zero-order valence-electron chi connectivity index (χ0n) is 9.94. The molecule has 2 aromatic rings. The minimum absolute atomic E-state index is 0.177. The Labute approximate surface area is 102 Å². The number of alkyl halides is 3. The van der Waals surface area contributed by atoms with E-state index in [1.807, 2.05) is 0 Å². The van der Waals surface area contributed by atoms with E-state index in [0.29, 0.717) is 11.5 Å². The van der Waals surface area contributed by atoms with Crippen LogP contribution in [-0.2, 0) is 6.18 Å². The van der Waals surface area contributed by atoms with Gasteiger partial charge in [-0.25, -0.2) is 0 Å². The molecule has 0 saturated heterocycles. The summed E-state index contributed by atoms with van der Waals surface area (Å²) in [5.74, 6) is 0.259. The van der Waals surface area contributed by atoms with Crippen molar-refractivity contribution < 1.29 is 13.2 Å². The van der Waals surface area contributed by atoms with Crippen LogP contribution in [0, 0.1) is 0 Å². The first-order chi connectivity index (χ1) is 8.30. The molecular formula is C11H13F3N4. The molecule has 18 heavy (non-hydrogen) atoms. The second kappa shape index (κ2) is 4.24. The lowest BCUT2D eigenvalue weighted by molar-refractivity contribution is -0.137. The first-order valence-electron chi connectivity index (χ1n) is 5.48. The maximum absolute atomic E-state index is 12.6. The van der Waals surface area contributed by atoms with Crippen molar-refractivity contribution in [3.05, 3.63) is 29.7 Å². The van der Waals surface area contributed by atoms with Crippen LogP contribution in [0.25, 0.3) is 5.65 Å². The van der Waals surface area contributed by atoms with E-state index in [0.717, 1.165) is 12.3 Å². The minimum atomic E-state index is -4.38. The standard InChI is InChI=1S/C11H13F3N4/c1-6(7(2)15)10-17-16-9-4-3-8(5-18(9)10)11(12,13)14/h3-7H,15H2,1-2H3. The van der Waals surface area contributed by atoms with Gasteiger partial charge in [0.2, 0.25) is 0 Å². The van der Waals surface area contributed by atoms with Crippen LogP contribution in [0.4, 0.5) is 13.2 Å². The van der Waals surface area contributed by atoms with Gasteiger partial charge in [-0.05, 0) is 19.1 Å². The number of pyridine rings is 1. The van der Waals surface area contributed by atoms with E-state index < -0.39 is 11.7 Å². The summed E-state index contributed by atoms with van der Waals surface area (Å²) < 4.78 is 39.2. The summed E-state index contributed by atoms with van der Waals surface area (Å²) in [7, 11) is 0. The van der Waals surface area contributed by atoms with Crippen LogP contribution >= 0.6 is 0 Å². The van der Waals surface area contributed by atoms with Crippen molar-refractivity contribution in [2.75, 3.05) is 0 Å². The zero-order valence-corrected chi connectivity index (χ0v) is 9.94. The summed E-state index contributed by atoms with van der Waals surface area (Å²) in [6.07, 6.45) is -3.38. The summed E-state index contributed by atoms with van der Waals surface area (Å²) >= 11 is 0. The van der Waals surface area contributed by atoms with Crippen LogP contribution in [0.2, 0.25) is 0 Å². The van der Waals surface area contributed by atoms with Gasteiger partial charge in [0.25, 0.3) is 0 Å². The predicted molar refractivity (Wildman–Crippen MR) is 60.1 cm³/mol. The Morgan fingerprint density at radius 3 is 2.44 bits per heavy atom. The summed E-state index contributed by atoms with van der Waals surface area (Å²) in [4.78, 5) is 0. The molecule has 0 radical (unpaired) electrons. The monoisotopic (exact) mass is 258 g/mol. The molecule has 0 aliphatic rings. The number of halogens is 3. The van der Waals surface area contributed by atoms with Crippen molar-refractivity contribution >= 4 is 5.65 Å². The van der Waals surface area contributed by atoms with Gasteiger partial charge in [-0.3, -0.25) is 4.40 Å². The summed E-state index contributed by atoms with van der Waals surface area (Å²) in [5.41, 5.74) is 5.39. The fourth-order valence-electron chi connectivity index (χ4n) is 1.62. The Kier molecular flexibility index (Phi) is 3.02. The van der Waals surface area contributed by atoms with Gasteiger partial charge in [0.1, 0.15) is 5.82 Å². The Balaban J connectivity index is 2.57. The van der Waals surface area contributed by atoms with Crippen molar-refractivity contribution in [1.82, 2.24) is 14.6 Å². The Morgan fingerprint density at radius 2 is 1.89 bits per heavy atom. The average molecular weight is 258 g/mol. The minimum Gasteiger partial charge on any atom is -0.327 e. The van der Waals surface area contributed by atoms with Gasteiger partial charge in [0.15, 0.2) is 5.65 Å². The van der Waals surface area contributed by atoms with Crippen LogP contribution in [0.15, 0.2) is 18.3 Å². The largest absolute Gasteiger partial charge is 0.417 e. The molecule has 2 heterocycles. The van der Waals surface area contributed by atoms with E-state index >= 15 is 0 Å². The predicted octanol–water partition coefficient (Wildman–Crippen LogP) is 2.20. The lowest BCUT2D eigenvalue weighted by Gasteiger charge is -2.14. The van der Waals surface area contributed by atoms with Crippen LogP contribution < -0.4 is 5.73 Å². The van der Waals surface area contributed by atoms with E-state index in [-0.39, 0.29) is 12.0 Å². The quantitative estimate of drug-likeness (QED) is 0.898. The Morgan fingerprint density at radius 1 is 1.22 bits per heavy atom. The molecule has 2 aromatic heterocycles. The summed E-state index contributed by atoms with van der Waals surface area (Å²) in [6.45, 7) is 3.58. The van der Waals surface area contributed by atoms with Crippen molar-refractivity contribution in [3.8, 4) is 0 Å². The SMILES string of the molecule is CC(N)C(C)c1nnc2ccc(C(F)(F)F)cn12. The topological polar surface area (TPSA) is 56.2 Å². The van der Waals surface area contributed by atoms with E-state index in [4.69, 9.17) is 5.73 Å². The Bertz CT molecular complexity index is 559. The van der Waals surface area contributed by atoms with Gasteiger partial charge in [0, 0.05) is 18.2 Å².